The predicted octanol–water partition coefficient (Wildman–Crippen LogP) is 3.93. The molecule has 34 heavy (non-hydrogen) atoms. The molecule has 0 bridgehead atoms. The van der Waals surface area contributed by atoms with Crippen molar-refractivity contribution in [3.63, 3.8) is 0 Å². The van der Waals surface area contributed by atoms with Crippen LogP contribution in [0.1, 0.15) is 72.4 Å². The summed E-state index contributed by atoms with van der Waals surface area (Å²) in [5, 5.41) is 7.06. The fraction of sp³-hybridized carbons (Fsp3) is 0.565. The zero-order valence-electron chi connectivity index (χ0n) is 19.4. The van der Waals surface area contributed by atoms with E-state index >= 15 is 0 Å². The van der Waals surface area contributed by atoms with Crippen LogP contribution in [0.5, 0.6) is 0 Å². The maximum atomic E-state index is 13.4. The highest BCUT2D eigenvalue weighted by Crippen LogP contribution is 2.39. The molecule has 1 amide bonds. The summed E-state index contributed by atoms with van der Waals surface area (Å²) >= 11 is 0. The molecule has 2 aliphatic rings. The lowest BCUT2D eigenvalue weighted by Crippen LogP contribution is -2.45. The van der Waals surface area contributed by atoms with Gasteiger partial charge in [0, 0.05) is 43.9 Å². The molecule has 0 unspecified atom stereocenters. The van der Waals surface area contributed by atoms with E-state index in [1.54, 1.807) is 31.7 Å². The van der Waals surface area contributed by atoms with E-state index in [-0.39, 0.29) is 29.6 Å². The number of nitrogens with zero attached hydrogens (tertiary/aromatic N) is 3. The number of halogens is 3. The van der Waals surface area contributed by atoms with Crippen LogP contribution in [0.25, 0.3) is 0 Å². The molecule has 0 aliphatic carbocycles. The summed E-state index contributed by atoms with van der Waals surface area (Å²) in [4.78, 5) is 14.8. The lowest BCUT2D eigenvalue weighted by Gasteiger charge is -2.34. The lowest BCUT2D eigenvalue weighted by atomic mass is 9.86. The number of hydrogen-bond donors (Lipinski definition) is 1. The van der Waals surface area contributed by atoms with E-state index < -0.39 is 26.5 Å². The number of aromatic nitrogens is 2. The van der Waals surface area contributed by atoms with E-state index in [0.717, 1.165) is 11.8 Å². The smallest absolute Gasteiger partial charge is 0.337 e. The van der Waals surface area contributed by atoms with Crippen molar-refractivity contribution in [1.29, 1.82) is 0 Å². The van der Waals surface area contributed by atoms with Crippen LogP contribution in [0.3, 0.4) is 0 Å². The minimum Gasteiger partial charge on any atom is -0.337 e. The highest BCUT2D eigenvalue weighted by atomic mass is 32.2. The van der Waals surface area contributed by atoms with Crippen LogP contribution < -0.4 is 0 Å². The van der Waals surface area contributed by atoms with Gasteiger partial charge in [-0.3, -0.25) is 9.89 Å². The van der Waals surface area contributed by atoms with Crippen LogP contribution >= 0.6 is 0 Å². The molecule has 2 aliphatic heterocycles. The van der Waals surface area contributed by atoms with Crippen molar-refractivity contribution in [3.8, 4) is 0 Å². The Balaban J connectivity index is 1.49. The summed E-state index contributed by atoms with van der Waals surface area (Å²) < 4.78 is 66.5. The summed E-state index contributed by atoms with van der Waals surface area (Å²) in [6.07, 6.45) is -3.16. The maximum absolute atomic E-state index is 13.4. The minimum atomic E-state index is -4.42. The third-order valence-electron chi connectivity index (χ3n) is 6.70. The Hall–Kier alpha value is -2.40. The number of benzene rings is 1. The summed E-state index contributed by atoms with van der Waals surface area (Å²) in [7, 11) is -3.57. The molecule has 1 N–H and O–H groups in total. The van der Waals surface area contributed by atoms with Gasteiger partial charge in [0.2, 0.25) is 10.0 Å². The fourth-order valence-electron chi connectivity index (χ4n) is 4.69. The van der Waals surface area contributed by atoms with Gasteiger partial charge in [0.15, 0.2) is 5.69 Å². The summed E-state index contributed by atoms with van der Waals surface area (Å²) in [6, 6.07) is 5.60. The minimum absolute atomic E-state index is 0.0714. The van der Waals surface area contributed by atoms with Gasteiger partial charge in [-0.2, -0.15) is 22.6 Å². The lowest BCUT2D eigenvalue weighted by molar-refractivity contribution is -0.138. The fourth-order valence-corrected chi connectivity index (χ4v) is 6.10. The average molecular weight is 499 g/mol. The molecule has 1 aromatic carbocycles. The number of H-pyrrole nitrogens is 1. The average Bonchev–Trinajstić information content (AvgIpc) is 3.20. The van der Waals surface area contributed by atoms with E-state index in [0.29, 0.717) is 44.5 Å². The first-order valence-electron chi connectivity index (χ1n) is 11.3. The van der Waals surface area contributed by atoms with Crippen LogP contribution in [0.4, 0.5) is 13.2 Å². The van der Waals surface area contributed by atoms with E-state index in [2.05, 4.69) is 10.2 Å². The zero-order chi connectivity index (χ0) is 24.9. The van der Waals surface area contributed by atoms with Crippen molar-refractivity contribution >= 4 is 15.9 Å². The first-order chi connectivity index (χ1) is 15.8. The molecular weight excluding hydrogens is 469 g/mol. The topological polar surface area (TPSA) is 86.4 Å². The Morgan fingerprint density at radius 1 is 1.09 bits per heavy atom. The molecule has 3 heterocycles. The van der Waals surface area contributed by atoms with Gasteiger partial charge in [0.25, 0.3) is 5.91 Å². The largest absolute Gasteiger partial charge is 0.416 e. The highest BCUT2D eigenvalue weighted by molar-refractivity contribution is 7.90. The third kappa shape index (κ3) is 4.47. The molecule has 186 valence electrons. The van der Waals surface area contributed by atoms with Crippen LogP contribution in [0.15, 0.2) is 24.3 Å². The van der Waals surface area contributed by atoms with Gasteiger partial charge in [0.05, 0.1) is 10.3 Å². The molecule has 0 radical (unpaired) electrons. The number of fused-ring (bicyclic) bond motifs is 1. The number of likely N-dealkylation sites (tertiary alicyclic amines) is 1. The molecule has 1 aromatic heterocycles. The normalized spacial score (nSPS) is 18.7. The Bertz CT molecular complexity index is 1180. The second-order valence-electron chi connectivity index (χ2n) is 9.88. The molecule has 2 aromatic rings. The van der Waals surface area contributed by atoms with Crippen molar-refractivity contribution in [3.05, 3.63) is 52.3 Å². The molecule has 4 rings (SSSR count). The summed E-state index contributed by atoms with van der Waals surface area (Å²) in [5.74, 6) is -0.613. The summed E-state index contributed by atoms with van der Waals surface area (Å²) in [5.41, 5.74) is 1.16. The third-order valence-corrected chi connectivity index (χ3v) is 9.24. The molecule has 0 saturated carbocycles. The first kappa shape index (κ1) is 24.7. The number of carbonyl (C=O) groups is 1. The van der Waals surface area contributed by atoms with Crippen molar-refractivity contribution < 1.29 is 26.4 Å². The number of nitrogens with one attached hydrogen (secondary N) is 1. The van der Waals surface area contributed by atoms with Crippen LogP contribution in [0, 0.1) is 0 Å². The Morgan fingerprint density at radius 2 is 1.74 bits per heavy atom. The first-order valence-corrected chi connectivity index (χ1v) is 12.8. The zero-order valence-corrected chi connectivity index (χ0v) is 20.3. The van der Waals surface area contributed by atoms with Gasteiger partial charge in [-0.1, -0.05) is 18.2 Å². The molecule has 0 spiro atoms. The Morgan fingerprint density at radius 3 is 2.35 bits per heavy atom. The van der Waals surface area contributed by atoms with Gasteiger partial charge in [-0.05, 0) is 51.2 Å². The van der Waals surface area contributed by atoms with Crippen molar-refractivity contribution in [2.75, 3.05) is 19.6 Å². The Labute approximate surface area is 197 Å². The number of aromatic amines is 1. The van der Waals surface area contributed by atoms with E-state index in [4.69, 9.17) is 0 Å². The number of sulfonamides is 1. The van der Waals surface area contributed by atoms with Crippen LogP contribution in [-0.2, 0) is 29.2 Å². The second-order valence-corrected chi connectivity index (χ2v) is 12.6. The van der Waals surface area contributed by atoms with E-state index in [1.807, 2.05) is 0 Å². The molecule has 0 atom stereocenters. The van der Waals surface area contributed by atoms with Gasteiger partial charge >= 0.3 is 6.18 Å². The van der Waals surface area contributed by atoms with Crippen LogP contribution in [0.2, 0.25) is 0 Å². The second kappa shape index (κ2) is 8.67. The monoisotopic (exact) mass is 498 g/mol. The van der Waals surface area contributed by atoms with Crippen LogP contribution in [-0.4, -0.2) is 58.1 Å². The van der Waals surface area contributed by atoms with Crippen molar-refractivity contribution in [1.82, 2.24) is 19.4 Å². The highest BCUT2D eigenvalue weighted by Gasteiger charge is 2.40. The van der Waals surface area contributed by atoms with E-state index in [9.17, 15) is 26.4 Å². The van der Waals surface area contributed by atoms with Gasteiger partial charge in [-0.25, -0.2) is 8.42 Å². The molecule has 11 heteroatoms. The molecule has 1 saturated heterocycles. The van der Waals surface area contributed by atoms with Gasteiger partial charge in [0.1, 0.15) is 0 Å². The Kier molecular flexibility index (Phi) is 6.30. The number of piperidine rings is 1. The molecule has 1 fully saturated rings. The van der Waals surface area contributed by atoms with Crippen molar-refractivity contribution in [2.24, 2.45) is 0 Å². The molecule has 7 nitrogen and oxygen atoms in total. The molecular formula is C23H29F3N4O3S. The standard InChI is InChI=1S/C23H29F3N4O3S/c1-22(2,3)34(32,33)30-13-10-19-17(14-30)20(28-27-19)21(31)29-11-8-15(9-12-29)16-6-4-5-7-18(16)23(24,25)26/h4-7,15H,8-14H2,1-3H3,(H,27,28). The van der Waals surface area contributed by atoms with Crippen molar-refractivity contribution in [2.45, 2.75) is 63.4 Å². The summed E-state index contributed by atoms with van der Waals surface area (Å²) in [6.45, 7) is 5.91. The SMILES string of the molecule is CC(C)(C)S(=O)(=O)N1CCc2[nH]nc(C(=O)N3CCC(c4ccccc4C(F)(F)F)CC3)c2C1. The number of rotatable bonds is 3. The number of hydrogen-bond acceptors (Lipinski definition) is 4. The maximum Gasteiger partial charge on any atom is 0.416 e. The number of carbonyl (C=O) groups excluding carboxylic acids is 1. The quantitative estimate of drug-likeness (QED) is 0.695. The van der Waals surface area contributed by atoms with Gasteiger partial charge in [-0.15, -0.1) is 0 Å². The number of alkyl halides is 3. The number of amides is 1. The van der Waals surface area contributed by atoms with Gasteiger partial charge < -0.3 is 4.90 Å². The predicted molar refractivity (Wildman–Crippen MR) is 121 cm³/mol. The van der Waals surface area contributed by atoms with E-state index in [1.165, 1.54) is 16.4 Å².